The van der Waals surface area contributed by atoms with Crippen molar-refractivity contribution in [1.82, 2.24) is 15.2 Å². The number of hydrogen-bond acceptors (Lipinski definition) is 7. The van der Waals surface area contributed by atoms with Gasteiger partial charge in [-0.2, -0.15) is 0 Å². The number of carboxylic acid groups (broad SMARTS) is 1. The van der Waals surface area contributed by atoms with E-state index >= 15 is 0 Å². The molecule has 0 radical (unpaired) electrons. The Kier molecular flexibility index (Phi) is 4.14. The summed E-state index contributed by atoms with van der Waals surface area (Å²) in [6.45, 7) is 7.69. The van der Waals surface area contributed by atoms with Crippen LogP contribution in [0.5, 0.6) is 0 Å². The molecule has 108 valence electrons. The first kappa shape index (κ1) is 15.0. The molecule has 20 heavy (non-hydrogen) atoms. The van der Waals surface area contributed by atoms with Crippen molar-refractivity contribution in [3.63, 3.8) is 0 Å². The normalized spacial score (nSPS) is 11.8. The van der Waals surface area contributed by atoms with E-state index in [1.54, 1.807) is 6.92 Å². The van der Waals surface area contributed by atoms with Gasteiger partial charge in [0.15, 0.2) is 4.34 Å². The minimum absolute atomic E-state index is 0.176. The summed E-state index contributed by atoms with van der Waals surface area (Å²) in [7, 11) is 0. The van der Waals surface area contributed by atoms with E-state index in [0.29, 0.717) is 27.6 Å². The summed E-state index contributed by atoms with van der Waals surface area (Å²) >= 11 is 2.56. The number of hydrogen-bond donors (Lipinski definition) is 1. The van der Waals surface area contributed by atoms with E-state index in [0.717, 1.165) is 11.3 Å². The van der Waals surface area contributed by atoms with Gasteiger partial charge in [-0.1, -0.05) is 32.5 Å². The number of aromatic nitrogens is 3. The minimum Gasteiger partial charge on any atom is -0.477 e. The van der Waals surface area contributed by atoms with Crippen molar-refractivity contribution in [2.45, 2.75) is 43.2 Å². The maximum atomic E-state index is 10.9. The SMILES string of the molecule is Cc1nc(SCc2nnc(C(C)(C)C)o2)sc1C(=O)O. The van der Waals surface area contributed by atoms with Crippen LogP contribution in [0.1, 0.15) is 47.9 Å². The number of thiazole rings is 1. The predicted octanol–water partition coefficient (Wildman–Crippen LogP) is 3.12. The third kappa shape index (κ3) is 3.37. The molecule has 0 bridgehead atoms. The van der Waals surface area contributed by atoms with E-state index in [4.69, 9.17) is 9.52 Å². The number of aromatic carboxylic acids is 1. The van der Waals surface area contributed by atoms with Crippen LogP contribution in [0.15, 0.2) is 8.76 Å². The number of carbonyl (C=O) groups is 1. The van der Waals surface area contributed by atoms with E-state index in [2.05, 4.69) is 15.2 Å². The molecule has 0 unspecified atom stereocenters. The Morgan fingerprint density at radius 3 is 2.60 bits per heavy atom. The summed E-state index contributed by atoms with van der Waals surface area (Å²) in [5.74, 6) is 0.647. The number of carboxylic acids is 1. The third-order valence-electron chi connectivity index (χ3n) is 2.40. The number of rotatable bonds is 4. The molecular formula is C12H15N3O3S2. The zero-order valence-corrected chi connectivity index (χ0v) is 13.3. The molecule has 0 saturated heterocycles. The second kappa shape index (κ2) is 5.53. The molecule has 0 spiro atoms. The van der Waals surface area contributed by atoms with E-state index in [9.17, 15) is 4.79 Å². The Bertz CT molecular complexity index is 628. The summed E-state index contributed by atoms with van der Waals surface area (Å²) in [6, 6.07) is 0. The van der Waals surface area contributed by atoms with Crippen molar-refractivity contribution < 1.29 is 14.3 Å². The van der Waals surface area contributed by atoms with Crippen molar-refractivity contribution in [2.24, 2.45) is 0 Å². The van der Waals surface area contributed by atoms with Gasteiger partial charge in [0, 0.05) is 5.41 Å². The highest BCUT2D eigenvalue weighted by molar-refractivity contribution is 8.00. The van der Waals surface area contributed by atoms with Crippen LogP contribution in [0.2, 0.25) is 0 Å². The fourth-order valence-corrected chi connectivity index (χ4v) is 3.24. The molecule has 0 amide bonds. The standard InChI is InChI=1S/C12H15N3O3S2/c1-6-8(9(16)17)20-11(13-6)19-5-7-14-15-10(18-7)12(2,3)4/h5H2,1-4H3,(H,16,17). The lowest BCUT2D eigenvalue weighted by atomic mass is 9.97. The van der Waals surface area contributed by atoms with Gasteiger partial charge in [0.2, 0.25) is 11.8 Å². The van der Waals surface area contributed by atoms with Gasteiger partial charge in [-0.25, -0.2) is 9.78 Å². The van der Waals surface area contributed by atoms with Gasteiger partial charge in [0.05, 0.1) is 11.4 Å². The molecule has 2 aromatic heterocycles. The van der Waals surface area contributed by atoms with Crippen molar-refractivity contribution in [1.29, 1.82) is 0 Å². The van der Waals surface area contributed by atoms with Crippen molar-refractivity contribution in [3.8, 4) is 0 Å². The molecular weight excluding hydrogens is 298 g/mol. The molecule has 0 aliphatic rings. The molecule has 0 aliphatic heterocycles. The van der Waals surface area contributed by atoms with Crippen LogP contribution in [0, 0.1) is 6.92 Å². The highest BCUT2D eigenvalue weighted by atomic mass is 32.2. The van der Waals surface area contributed by atoms with Crippen LogP contribution >= 0.6 is 23.1 Å². The average molecular weight is 313 g/mol. The van der Waals surface area contributed by atoms with Crippen LogP contribution in [0.4, 0.5) is 0 Å². The van der Waals surface area contributed by atoms with Crippen LogP contribution < -0.4 is 0 Å². The lowest BCUT2D eigenvalue weighted by molar-refractivity contribution is 0.0701. The monoisotopic (exact) mass is 313 g/mol. The Hall–Kier alpha value is -1.41. The predicted molar refractivity (Wildman–Crippen MR) is 76.4 cm³/mol. The minimum atomic E-state index is -0.945. The molecule has 1 N–H and O–H groups in total. The first-order valence-corrected chi connectivity index (χ1v) is 7.74. The van der Waals surface area contributed by atoms with Gasteiger partial charge < -0.3 is 9.52 Å². The number of thioether (sulfide) groups is 1. The number of aryl methyl sites for hydroxylation is 1. The third-order valence-corrected chi connectivity index (χ3v) is 4.67. The topological polar surface area (TPSA) is 89.1 Å². The van der Waals surface area contributed by atoms with Crippen LogP contribution in [-0.2, 0) is 11.2 Å². The molecule has 0 atom stereocenters. The van der Waals surface area contributed by atoms with Gasteiger partial charge in [-0.3, -0.25) is 0 Å². The summed E-state index contributed by atoms with van der Waals surface area (Å²) in [5, 5.41) is 17.0. The highest BCUT2D eigenvalue weighted by Gasteiger charge is 2.21. The van der Waals surface area contributed by atoms with Crippen LogP contribution in [0.25, 0.3) is 0 Å². The first-order valence-electron chi connectivity index (χ1n) is 5.94. The average Bonchev–Trinajstić information content (AvgIpc) is 2.91. The van der Waals surface area contributed by atoms with E-state index in [-0.39, 0.29) is 10.3 Å². The summed E-state index contributed by atoms with van der Waals surface area (Å²) in [6.07, 6.45) is 0. The Morgan fingerprint density at radius 2 is 2.10 bits per heavy atom. The lowest BCUT2D eigenvalue weighted by Gasteiger charge is -2.10. The Labute approximate surface area is 124 Å². The first-order chi connectivity index (χ1) is 9.27. The molecule has 2 rings (SSSR count). The fraction of sp³-hybridized carbons (Fsp3) is 0.500. The van der Waals surface area contributed by atoms with Gasteiger partial charge >= 0.3 is 5.97 Å². The second-order valence-electron chi connectivity index (χ2n) is 5.24. The summed E-state index contributed by atoms with van der Waals surface area (Å²) in [5.41, 5.74) is 0.357. The molecule has 0 aliphatic carbocycles. The molecule has 0 aromatic carbocycles. The largest absolute Gasteiger partial charge is 0.477 e. The zero-order valence-electron chi connectivity index (χ0n) is 11.6. The van der Waals surface area contributed by atoms with Crippen LogP contribution in [0.3, 0.4) is 0 Å². The maximum Gasteiger partial charge on any atom is 0.347 e. The summed E-state index contributed by atoms with van der Waals surface area (Å²) in [4.78, 5) is 15.4. The fourth-order valence-electron chi connectivity index (χ4n) is 1.37. The van der Waals surface area contributed by atoms with Gasteiger partial charge in [0.25, 0.3) is 0 Å². The lowest BCUT2D eigenvalue weighted by Crippen LogP contribution is -2.11. The maximum absolute atomic E-state index is 10.9. The molecule has 8 heteroatoms. The molecule has 2 aromatic rings. The van der Waals surface area contributed by atoms with Crippen molar-refractivity contribution >= 4 is 29.1 Å². The highest BCUT2D eigenvalue weighted by Crippen LogP contribution is 2.30. The quantitative estimate of drug-likeness (QED) is 0.867. The van der Waals surface area contributed by atoms with Gasteiger partial charge in [0.1, 0.15) is 4.88 Å². The van der Waals surface area contributed by atoms with Crippen LogP contribution in [-0.4, -0.2) is 26.3 Å². The molecule has 0 fully saturated rings. The van der Waals surface area contributed by atoms with E-state index in [1.165, 1.54) is 11.8 Å². The smallest absolute Gasteiger partial charge is 0.347 e. The van der Waals surface area contributed by atoms with Crippen molar-refractivity contribution in [3.05, 3.63) is 22.4 Å². The molecule has 2 heterocycles. The molecule has 6 nitrogen and oxygen atoms in total. The van der Waals surface area contributed by atoms with Gasteiger partial charge in [-0.15, -0.1) is 21.5 Å². The van der Waals surface area contributed by atoms with Crippen molar-refractivity contribution in [2.75, 3.05) is 0 Å². The Balaban J connectivity index is 2.04. The second-order valence-corrected chi connectivity index (χ2v) is 7.46. The summed E-state index contributed by atoms with van der Waals surface area (Å²) < 4.78 is 6.26. The van der Waals surface area contributed by atoms with E-state index < -0.39 is 5.97 Å². The van der Waals surface area contributed by atoms with Gasteiger partial charge in [-0.05, 0) is 6.92 Å². The Morgan fingerprint density at radius 1 is 1.40 bits per heavy atom. The van der Waals surface area contributed by atoms with E-state index in [1.807, 2.05) is 20.8 Å². The zero-order chi connectivity index (χ0) is 14.9. The number of nitrogens with zero attached hydrogens (tertiary/aromatic N) is 3. The molecule has 0 saturated carbocycles.